The van der Waals surface area contributed by atoms with Crippen molar-refractivity contribution >= 4 is 17.5 Å². The van der Waals surface area contributed by atoms with Crippen molar-refractivity contribution in [3.8, 4) is 11.3 Å². The smallest absolute Gasteiger partial charge is 0.277 e. The normalized spacial score (nSPS) is 10.9. The lowest BCUT2D eigenvalue weighted by Gasteiger charge is -2.07. The van der Waals surface area contributed by atoms with E-state index in [0.717, 1.165) is 0 Å². The Morgan fingerprint density at radius 1 is 1.21 bits per heavy atom. The molecular formula is C20H22FN5O3. The molecule has 0 radical (unpaired) electrons. The number of nitrogens with one attached hydrogen (secondary N) is 2. The van der Waals surface area contributed by atoms with Gasteiger partial charge in [-0.15, -0.1) is 0 Å². The van der Waals surface area contributed by atoms with E-state index >= 15 is 0 Å². The van der Waals surface area contributed by atoms with Crippen molar-refractivity contribution in [3.63, 3.8) is 0 Å². The molecule has 152 valence electrons. The Hall–Kier alpha value is -3.49. The van der Waals surface area contributed by atoms with Gasteiger partial charge < -0.3 is 15.2 Å². The molecule has 0 bridgehead atoms. The predicted octanol–water partition coefficient (Wildman–Crippen LogP) is 3.34. The van der Waals surface area contributed by atoms with E-state index in [1.54, 1.807) is 10.9 Å². The number of anilines is 1. The molecule has 9 heteroatoms. The first-order valence-electron chi connectivity index (χ1n) is 9.27. The number of carbonyl (C=O) groups is 2. The van der Waals surface area contributed by atoms with E-state index < -0.39 is 5.91 Å². The van der Waals surface area contributed by atoms with E-state index in [-0.39, 0.29) is 34.7 Å². The molecule has 1 aromatic carbocycles. The number of rotatable bonds is 7. The molecule has 0 saturated heterocycles. The van der Waals surface area contributed by atoms with Crippen molar-refractivity contribution in [1.29, 1.82) is 0 Å². The van der Waals surface area contributed by atoms with Gasteiger partial charge in [0, 0.05) is 30.9 Å². The van der Waals surface area contributed by atoms with Crippen LogP contribution < -0.4 is 10.6 Å². The van der Waals surface area contributed by atoms with Crippen molar-refractivity contribution < 1.29 is 18.5 Å². The Morgan fingerprint density at radius 3 is 2.59 bits per heavy atom. The van der Waals surface area contributed by atoms with E-state index in [4.69, 9.17) is 4.52 Å². The number of carbonyl (C=O) groups excluding carboxylic acids is 2. The number of aryl methyl sites for hydroxylation is 1. The Bertz CT molecular complexity index is 1010. The van der Waals surface area contributed by atoms with E-state index in [0.29, 0.717) is 24.4 Å². The predicted molar refractivity (Wildman–Crippen MR) is 105 cm³/mol. The molecule has 2 amide bonds. The largest absolute Gasteiger partial charge is 0.355 e. The Morgan fingerprint density at radius 2 is 1.93 bits per heavy atom. The van der Waals surface area contributed by atoms with Crippen LogP contribution in [0.2, 0.25) is 0 Å². The van der Waals surface area contributed by atoms with Crippen molar-refractivity contribution in [1.82, 2.24) is 20.3 Å². The first-order chi connectivity index (χ1) is 13.9. The van der Waals surface area contributed by atoms with Gasteiger partial charge in [-0.25, -0.2) is 4.39 Å². The summed E-state index contributed by atoms with van der Waals surface area (Å²) in [5.41, 5.74) is 1.03. The average molecular weight is 399 g/mol. The maximum Gasteiger partial charge on any atom is 0.277 e. The Balaban J connectivity index is 1.77. The van der Waals surface area contributed by atoms with Crippen LogP contribution in [0, 0.1) is 11.7 Å². The van der Waals surface area contributed by atoms with Crippen molar-refractivity contribution in [3.05, 3.63) is 53.7 Å². The summed E-state index contributed by atoms with van der Waals surface area (Å²) in [6.45, 7) is 6.88. The quantitative estimate of drug-likeness (QED) is 0.634. The molecule has 2 aromatic heterocycles. The fourth-order valence-electron chi connectivity index (χ4n) is 2.54. The molecular weight excluding hydrogens is 377 g/mol. The van der Waals surface area contributed by atoms with E-state index in [1.807, 2.05) is 20.8 Å². The molecule has 29 heavy (non-hydrogen) atoms. The first-order valence-corrected chi connectivity index (χ1v) is 9.27. The minimum atomic E-state index is -0.546. The van der Waals surface area contributed by atoms with Crippen LogP contribution in [0.3, 0.4) is 0 Å². The minimum Gasteiger partial charge on any atom is -0.355 e. The van der Waals surface area contributed by atoms with Gasteiger partial charge in [0.25, 0.3) is 11.8 Å². The number of hydrogen-bond donors (Lipinski definition) is 2. The summed E-state index contributed by atoms with van der Waals surface area (Å²) in [6, 6.07) is 7.09. The highest BCUT2D eigenvalue weighted by Gasteiger charge is 2.21. The van der Waals surface area contributed by atoms with Gasteiger partial charge in [0.1, 0.15) is 5.82 Å². The highest BCUT2D eigenvalue weighted by Crippen LogP contribution is 2.22. The highest BCUT2D eigenvalue weighted by atomic mass is 19.1. The Labute approximate surface area is 167 Å². The van der Waals surface area contributed by atoms with Gasteiger partial charge >= 0.3 is 0 Å². The highest BCUT2D eigenvalue weighted by molar-refractivity contribution is 6.07. The van der Waals surface area contributed by atoms with Gasteiger partial charge in [0.05, 0.1) is 5.69 Å². The maximum atomic E-state index is 13.1. The number of halogens is 1. The molecule has 0 aliphatic carbocycles. The molecule has 0 fully saturated rings. The van der Waals surface area contributed by atoms with Crippen LogP contribution in [-0.4, -0.2) is 33.3 Å². The topological polar surface area (TPSA) is 102 Å². The number of hydrogen-bond acceptors (Lipinski definition) is 5. The lowest BCUT2D eigenvalue weighted by atomic mass is 10.1. The van der Waals surface area contributed by atoms with E-state index in [2.05, 4.69) is 20.9 Å². The number of aromatic nitrogens is 3. The van der Waals surface area contributed by atoms with Crippen LogP contribution in [0.25, 0.3) is 11.3 Å². The maximum absolute atomic E-state index is 13.1. The van der Waals surface area contributed by atoms with Crippen LogP contribution >= 0.6 is 0 Å². The number of nitrogens with zero attached hydrogens (tertiary/aromatic N) is 3. The SMILES string of the molecule is CCn1cc(NC(=O)c2cc(-c3ccc(F)cc3)on2)c(C(=O)NCC(C)C)n1. The van der Waals surface area contributed by atoms with Gasteiger partial charge in [0.2, 0.25) is 0 Å². The van der Waals surface area contributed by atoms with Crippen LogP contribution in [0.1, 0.15) is 41.7 Å². The van der Waals surface area contributed by atoms with Gasteiger partial charge in [-0.2, -0.15) is 5.10 Å². The molecule has 3 rings (SSSR count). The number of benzene rings is 1. The van der Waals surface area contributed by atoms with Crippen LogP contribution in [0.4, 0.5) is 10.1 Å². The van der Waals surface area contributed by atoms with Gasteiger partial charge in [-0.3, -0.25) is 14.3 Å². The van der Waals surface area contributed by atoms with Gasteiger partial charge in [-0.05, 0) is 37.1 Å². The van der Waals surface area contributed by atoms with Crippen LogP contribution in [0.15, 0.2) is 41.1 Å². The lowest BCUT2D eigenvalue weighted by Crippen LogP contribution is -2.28. The van der Waals surface area contributed by atoms with Gasteiger partial charge in [-0.1, -0.05) is 19.0 Å². The fourth-order valence-corrected chi connectivity index (χ4v) is 2.54. The third kappa shape index (κ3) is 4.87. The molecule has 0 spiro atoms. The summed E-state index contributed by atoms with van der Waals surface area (Å²) >= 11 is 0. The number of amides is 2. The first kappa shape index (κ1) is 20.2. The lowest BCUT2D eigenvalue weighted by molar-refractivity contribution is 0.0944. The third-order valence-corrected chi connectivity index (χ3v) is 4.09. The molecule has 0 aliphatic heterocycles. The summed E-state index contributed by atoms with van der Waals surface area (Å²) in [5, 5.41) is 13.4. The summed E-state index contributed by atoms with van der Waals surface area (Å²) < 4.78 is 19.8. The van der Waals surface area contributed by atoms with Crippen molar-refractivity contribution in [2.75, 3.05) is 11.9 Å². The second-order valence-electron chi connectivity index (χ2n) is 6.89. The summed E-state index contributed by atoms with van der Waals surface area (Å²) in [4.78, 5) is 25.0. The third-order valence-electron chi connectivity index (χ3n) is 4.09. The summed E-state index contributed by atoms with van der Waals surface area (Å²) in [7, 11) is 0. The van der Waals surface area contributed by atoms with Crippen molar-refractivity contribution in [2.24, 2.45) is 5.92 Å². The Kier molecular flexibility index (Phi) is 6.06. The zero-order chi connectivity index (χ0) is 21.0. The molecule has 3 aromatic rings. The second kappa shape index (κ2) is 8.68. The molecule has 2 heterocycles. The minimum absolute atomic E-state index is 0.0297. The fraction of sp³-hybridized carbons (Fsp3) is 0.300. The van der Waals surface area contributed by atoms with Crippen LogP contribution in [0.5, 0.6) is 0 Å². The molecule has 0 atom stereocenters. The molecule has 8 nitrogen and oxygen atoms in total. The molecule has 2 N–H and O–H groups in total. The average Bonchev–Trinajstić information content (AvgIpc) is 3.34. The summed E-state index contributed by atoms with van der Waals surface area (Å²) in [5.74, 6) is -0.675. The van der Waals surface area contributed by atoms with E-state index in [9.17, 15) is 14.0 Å². The molecule has 0 unspecified atom stereocenters. The van der Waals surface area contributed by atoms with Crippen molar-refractivity contribution in [2.45, 2.75) is 27.3 Å². The monoisotopic (exact) mass is 399 g/mol. The van der Waals surface area contributed by atoms with E-state index in [1.165, 1.54) is 30.3 Å². The summed E-state index contributed by atoms with van der Waals surface area (Å²) in [6.07, 6.45) is 1.59. The molecule has 0 saturated carbocycles. The standard InChI is InChI=1S/C20H22FN5O3/c1-4-26-11-16(18(24-26)20(28)22-10-12(2)3)23-19(27)15-9-17(29-25-15)13-5-7-14(21)8-6-13/h5-9,11-12H,4,10H2,1-3H3,(H,22,28)(H,23,27). The zero-order valence-electron chi connectivity index (χ0n) is 16.4. The molecule has 0 aliphatic rings. The second-order valence-corrected chi connectivity index (χ2v) is 6.89. The zero-order valence-corrected chi connectivity index (χ0v) is 16.4. The van der Waals surface area contributed by atoms with Gasteiger partial charge in [0.15, 0.2) is 17.1 Å². The van der Waals surface area contributed by atoms with Crippen LogP contribution in [-0.2, 0) is 6.54 Å².